The van der Waals surface area contributed by atoms with Gasteiger partial charge in [-0.1, -0.05) is 25.7 Å². The fourth-order valence-corrected chi connectivity index (χ4v) is 2.64. The summed E-state index contributed by atoms with van der Waals surface area (Å²) >= 11 is 0. The smallest absolute Gasteiger partial charge is 0.240 e. The molecule has 0 aliphatic heterocycles. The molecular formula is C13H24N2O. The van der Waals surface area contributed by atoms with Gasteiger partial charge in [0, 0.05) is 6.04 Å². The summed E-state index contributed by atoms with van der Waals surface area (Å²) in [6, 6.07) is 0.298. The topological polar surface area (TPSA) is 55.1 Å². The maximum Gasteiger partial charge on any atom is 0.240 e. The molecule has 3 heteroatoms. The highest BCUT2D eigenvalue weighted by atomic mass is 16.2. The second-order valence-corrected chi connectivity index (χ2v) is 5.67. The summed E-state index contributed by atoms with van der Waals surface area (Å²) in [5.41, 5.74) is 5.37. The summed E-state index contributed by atoms with van der Waals surface area (Å²) < 4.78 is 0. The Morgan fingerprint density at radius 2 is 1.81 bits per heavy atom. The van der Waals surface area contributed by atoms with Gasteiger partial charge in [-0.3, -0.25) is 4.79 Å². The van der Waals surface area contributed by atoms with Gasteiger partial charge in [-0.15, -0.1) is 0 Å². The molecule has 1 atom stereocenters. The Bertz CT molecular complexity index is 253. The van der Waals surface area contributed by atoms with Crippen LogP contribution in [0.2, 0.25) is 0 Å². The average molecular weight is 224 g/mol. The molecule has 2 fully saturated rings. The predicted octanol–water partition coefficient (Wildman–Crippen LogP) is 1.95. The Morgan fingerprint density at radius 1 is 1.25 bits per heavy atom. The molecule has 0 spiro atoms. The summed E-state index contributed by atoms with van der Waals surface area (Å²) in [6.45, 7) is 2.14. The Balaban J connectivity index is 1.81. The molecule has 0 aromatic heterocycles. The molecule has 3 nitrogen and oxygen atoms in total. The Morgan fingerprint density at radius 3 is 2.31 bits per heavy atom. The summed E-state index contributed by atoms with van der Waals surface area (Å²) in [6.07, 6.45) is 9.59. The van der Waals surface area contributed by atoms with Gasteiger partial charge in [0.25, 0.3) is 0 Å². The molecule has 92 valence electrons. The second-order valence-electron chi connectivity index (χ2n) is 5.67. The molecule has 2 saturated carbocycles. The zero-order valence-electron chi connectivity index (χ0n) is 10.3. The summed E-state index contributed by atoms with van der Waals surface area (Å²) in [4.78, 5) is 11.8. The highest BCUT2D eigenvalue weighted by Gasteiger charge is 2.46. The van der Waals surface area contributed by atoms with Gasteiger partial charge in [0.1, 0.15) is 0 Å². The lowest BCUT2D eigenvalue weighted by Gasteiger charge is -2.25. The molecule has 2 rings (SSSR count). The van der Waals surface area contributed by atoms with E-state index in [0.29, 0.717) is 12.0 Å². The van der Waals surface area contributed by atoms with Crippen LogP contribution in [0.1, 0.15) is 58.3 Å². The lowest BCUT2D eigenvalue weighted by Crippen LogP contribution is -2.48. The third kappa shape index (κ3) is 2.76. The molecule has 0 bridgehead atoms. The van der Waals surface area contributed by atoms with Gasteiger partial charge in [0.2, 0.25) is 5.91 Å². The van der Waals surface area contributed by atoms with E-state index in [1.807, 2.05) is 0 Å². The van der Waals surface area contributed by atoms with Crippen molar-refractivity contribution < 1.29 is 4.79 Å². The molecule has 0 radical (unpaired) electrons. The van der Waals surface area contributed by atoms with Crippen molar-refractivity contribution in [2.45, 2.75) is 69.9 Å². The van der Waals surface area contributed by atoms with Crippen LogP contribution < -0.4 is 11.1 Å². The van der Waals surface area contributed by atoms with Crippen molar-refractivity contribution in [3.8, 4) is 0 Å². The molecule has 0 heterocycles. The minimum Gasteiger partial charge on any atom is -0.352 e. The van der Waals surface area contributed by atoms with Crippen molar-refractivity contribution >= 4 is 5.91 Å². The van der Waals surface area contributed by atoms with Crippen molar-refractivity contribution in [1.82, 2.24) is 5.32 Å². The molecule has 2 aliphatic rings. The van der Waals surface area contributed by atoms with Crippen molar-refractivity contribution in [3.05, 3.63) is 0 Å². The van der Waals surface area contributed by atoms with Crippen molar-refractivity contribution in [2.75, 3.05) is 0 Å². The van der Waals surface area contributed by atoms with E-state index < -0.39 is 5.54 Å². The van der Waals surface area contributed by atoms with E-state index in [-0.39, 0.29) is 5.91 Å². The number of carbonyl (C=O) groups excluding carboxylic acids is 1. The number of carbonyl (C=O) groups is 1. The van der Waals surface area contributed by atoms with Crippen molar-refractivity contribution in [1.29, 1.82) is 0 Å². The number of amides is 1. The predicted molar refractivity (Wildman–Crippen MR) is 64.9 cm³/mol. The number of rotatable bonds is 3. The molecule has 2 aliphatic carbocycles. The van der Waals surface area contributed by atoms with E-state index in [1.165, 1.54) is 38.5 Å². The van der Waals surface area contributed by atoms with E-state index in [4.69, 9.17) is 5.73 Å². The van der Waals surface area contributed by atoms with Crippen LogP contribution in [-0.2, 0) is 4.79 Å². The second kappa shape index (κ2) is 4.74. The molecule has 1 amide bonds. The first-order valence-electron chi connectivity index (χ1n) is 6.72. The highest BCUT2D eigenvalue weighted by molar-refractivity contribution is 5.89. The highest BCUT2D eigenvalue weighted by Crippen LogP contribution is 2.33. The average Bonchev–Trinajstić information content (AvgIpc) is 3.02. The van der Waals surface area contributed by atoms with Crippen LogP contribution in [0.5, 0.6) is 0 Å². The van der Waals surface area contributed by atoms with E-state index in [9.17, 15) is 4.79 Å². The van der Waals surface area contributed by atoms with Gasteiger partial charge in [-0.05, 0) is 38.5 Å². The largest absolute Gasteiger partial charge is 0.352 e. The van der Waals surface area contributed by atoms with Crippen LogP contribution in [0, 0.1) is 5.92 Å². The number of hydrogen-bond donors (Lipinski definition) is 2. The normalized spacial score (nSPS) is 26.9. The fraction of sp³-hybridized carbons (Fsp3) is 0.923. The van der Waals surface area contributed by atoms with E-state index >= 15 is 0 Å². The van der Waals surface area contributed by atoms with Crippen LogP contribution in [-0.4, -0.2) is 17.5 Å². The van der Waals surface area contributed by atoms with Crippen LogP contribution >= 0.6 is 0 Å². The van der Waals surface area contributed by atoms with Gasteiger partial charge in [-0.2, -0.15) is 0 Å². The Kier molecular flexibility index (Phi) is 3.53. The minimum absolute atomic E-state index is 0.0734. The summed E-state index contributed by atoms with van der Waals surface area (Å²) in [7, 11) is 0. The van der Waals surface area contributed by atoms with E-state index in [2.05, 4.69) is 12.2 Å². The molecular weight excluding hydrogens is 200 g/mol. The fourth-order valence-electron chi connectivity index (χ4n) is 2.64. The van der Waals surface area contributed by atoms with Gasteiger partial charge in [0.05, 0.1) is 5.54 Å². The first-order chi connectivity index (χ1) is 7.62. The molecule has 0 unspecified atom stereocenters. The molecule has 0 aromatic carbocycles. The van der Waals surface area contributed by atoms with Crippen LogP contribution in [0.15, 0.2) is 0 Å². The Labute approximate surface area is 98.2 Å². The maximum atomic E-state index is 11.8. The maximum absolute atomic E-state index is 11.8. The number of hydrogen-bond acceptors (Lipinski definition) is 2. The number of nitrogens with two attached hydrogens (primary N) is 1. The zero-order chi connectivity index (χ0) is 11.6. The zero-order valence-corrected chi connectivity index (χ0v) is 10.3. The third-order valence-electron chi connectivity index (χ3n) is 4.21. The van der Waals surface area contributed by atoms with Crippen LogP contribution in [0.25, 0.3) is 0 Å². The lowest BCUT2D eigenvalue weighted by molar-refractivity contribution is -0.124. The van der Waals surface area contributed by atoms with Crippen LogP contribution in [0.3, 0.4) is 0 Å². The Hall–Kier alpha value is -0.570. The first-order valence-corrected chi connectivity index (χ1v) is 6.72. The monoisotopic (exact) mass is 224 g/mol. The van der Waals surface area contributed by atoms with Gasteiger partial charge < -0.3 is 11.1 Å². The SMILES string of the molecule is C[C@@H](NC(=O)C1(N)CC1)C1CCCCCC1. The third-order valence-corrected chi connectivity index (χ3v) is 4.21. The molecule has 0 saturated heterocycles. The van der Waals surface area contributed by atoms with Gasteiger partial charge in [-0.25, -0.2) is 0 Å². The van der Waals surface area contributed by atoms with Crippen LogP contribution in [0.4, 0.5) is 0 Å². The summed E-state index contributed by atoms with van der Waals surface area (Å²) in [5, 5.41) is 3.12. The standard InChI is InChI=1S/C13H24N2O/c1-10(11-6-4-2-3-5-7-11)15-12(16)13(14)8-9-13/h10-11H,2-9,14H2,1H3,(H,15,16)/t10-/m1/s1. The minimum atomic E-state index is -0.515. The molecule has 16 heavy (non-hydrogen) atoms. The molecule has 0 aromatic rings. The lowest BCUT2D eigenvalue weighted by atomic mass is 9.93. The van der Waals surface area contributed by atoms with Gasteiger partial charge >= 0.3 is 0 Å². The van der Waals surface area contributed by atoms with E-state index in [0.717, 1.165) is 12.8 Å². The number of nitrogens with one attached hydrogen (secondary N) is 1. The molecule has 3 N–H and O–H groups in total. The first kappa shape index (κ1) is 11.9. The summed E-state index contributed by atoms with van der Waals surface area (Å²) in [5.74, 6) is 0.734. The van der Waals surface area contributed by atoms with E-state index in [1.54, 1.807) is 0 Å². The van der Waals surface area contributed by atoms with Gasteiger partial charge in [0.15, 0.2) is 0 Å². The quantitative estimate of drug-likeness (QED) is 0.720. The van der Waals surface area contributed by atoms with Crippen molar-refractivity contribution in [2.24, 2.45) is 11.7 Å². The van der Waals surface area contributed by atoms with Crippen molar-refractivity contribution in [3.63, 3.8) is 0 Å².